The molecular weight excluding hydrogens is 206 g/mol. The van der Waals surface area contributed by atoms with Crippen molar-refractivity contribution >= 4 is 22.3 Å². The zero-order valence-electron chi connectivity index (χ0n) is 8.23. The number of hydrogen-bond acceptors (Lipinski definition) is 3. The van der Waals surface area contributed by atoms with Gasteiger partial charge in [-0.25, -0.2) is 4.98 Å². The van der Waals surface area contributed by atoms with Gasteiger partial charge in [-0.1, -0.05) is 0 Å². The summed E-state index contributed by atoms with van der Waals surface area (Å²) in [6.45, 7) is 2.05. The molecule has 3 heteroatoms. The zero-order chi connectivity index (χ0) is 10.3. The van der Waals surface area contributed by atoms with Gasteiger partial charge in [-0.15, -0.1) is 11.3 Å². The van der Waals surface area contributed by atoms with E-state index in [4.69, 9.17) is 4.42 Å². The topological polar surface area (TPSA) is 26.0 Å². The molecule has 0 saturated heterocycles. The fourth-order valence-corrected chi connectivity index (χ4v) is 2.29. The summed E-state index contributed by atoms with van der Waals surface area (Å²) >= 11 is 1.65. The monoisotopic (exact) mass is 215 g/mol. The van der Waals surface area contributed by atoms with Crippen LogP contribution in [0.4, 0.5) is 0 Å². The van der Waals surface area contributed by atoms with Gasteiger partial charge in [0, 0.05) is 22.5 Å². The molecule has 2 heterocycles. The van der Waals surface area contributed by atoms with Crippen molar-refractivity contribution in [3.8, 4) is 10.6 Å². The van der Waals surface area contributed by atoms with E-state index in [1.807, 2.05) is 23.7 Å². The van der Waals surface area contributed by atoms with Crippen LogP contribution in [0.3, 0.4) is 0 Å². The van der Waals surface area contributed by atoms with Crippen LogP contribution in [0.1, 0.15) is 5.56 Å². The Hall–Kier alpha value is -1.61. The molecule has 0 unspecified atom stereocenters. The lowest BCUT2D eigenvalue weighted by atomic mass is 10.1. The van der Waals surface area contributed by atoms with Crippen LogP contribution in [-0.4, -0.2) is 4.98 Å². The molecule has 0 atom stereocenters. The van der Waals surface area contributed by atoms with E-state index in [-0.39, 0.29) is 0 Å². The molecule has 0 saturated carbocycles. The van der Waals surface area contributed by atoms with Crippen LogP contribution in [0.2, 0.25) is 0 Å². The number of rotatable bonds is 1. The third-order valence-electron chi connectivity index (χ3n) is 2.45. The Kier molecular flexibility index (Phi) is 1.86. The van der Waals surface area contributed by atoms with Gasteiger partial charge in [0.25, 0.3) is 0 Å². The van der Waals surface area contributed by atoms with E-state index < -0.39 is 0 Å². The van der Waals surface area contributed by atoms with Gasteiger partial charge in [0.2, 0.25) is 0 Å². The van der Waals surface area contributed by atoms with Gasteiger partial charge in [0.1, 0.15) is 10.6 Å². The standard InChI is InChI=1S/C12H9NOS/c1-8-7-14-11-3-2-9(6-10(8)11)12-13-4-5-15-12/h2-7H,1H3. The van der Waals surface area contributed by atoms with Crippen LogP contribution in [0.5, 0.6) is 0 Å². The molecule has 0 N–H and O–H groups in total. The number of benzene rings is 1. The van der Waals surface area contributed by atoms with Gasteiger partial charge < -0.3 is 4.42 Å². The number of thiazole rings is 1. The highest BCUT2D eigenvalue weighted by Crippen LogP contribution is 2.28. The van der Waals surface area contributed by atoms with Crippen molar-refractivity contribution < 1.29 is 4.42 Å². The van der Waals surface area contributed by atoms with Crippen molar-refractivity contribution in [1.29, 1.82) is 0 Å². The van der Waals surface area contributed by atoms with E-state index in [0.29, 0.717) is 0 Å². The van der Waals surface area contributed by atoms with Crippen molar-refractivity contribution in [1.82, 2.24) is 4.98 Å². The number of aryl methyl sites for hydroxylation is 1. The van der Waals surface area contributed by atoms with Crippen molar-refractivity contribution in [2.24, 2.45) is 0 Å². The minimum atomic E-state index is 0.938. The first-order valence-electron chi connectivity index (χ1n) is 4.72. The van der Waals surface area contributed by atoms with Gasteiger partial charge in [-0.05, 0) is 30.7 Å². The third-order valence-corrected chi connectivity index (χ3v) is 3.27. The van der Waals surface area contributed by atoms with Crippen LogP contribution >= 0.6 is 11.3 Å². The van der Waals surface area contributed by atoms with Crippen LogP contribution < -0.4 is 0 Å². The number of aromatic nitrogens is 1. The van der Waals surface area contributed by atoms with Crippen molar-refractivity contribution in [2.45, 2.75) is 6.92 Å². The number of furan rings is 1. The average molecular weight is 215 g/mol. The average Bonchev–Trinajstić information content (AvgIpc) is 2.88. The number of fused-ring (bicyclic) bond motifs is 1. The van der Waals surface area contributed by atoms with Gasteiger partial charge in [-0.2, -0.15) is 0 Å². The van der Waals surface area contributed by atoms with Gasteiger partial charge in [0.15, 0.2) is 0 Å². The Labute approximate surface area is 91.2 Å². The molecule has 2 aromatic heterocycles. The molecule has 0 radical (unpaired) electrons. The van der Waals surface area contributed by atoms with E-state index >= 15 is 0 Å². The smallest absolute Gasteiger partial charge is 0.134 e. The summed E-state index contributed by atoms with van der Waals surface area (Å²) in [5.74, 6) is 0. The second-order valence-electron chi connectivity index (χ2n) is 3.47. The molecule has 0 aliphatic heterocycles. The minimum Gasteiger partial charge on any atom is -0.464 e. The zero-order valence-corrected chi connectivity index (χ0v) is 9.04. The van der Waals surface area contributed by atoms with Crippen molar-refractivity contribution in [3.63, 3.8) is 0 Å². The molecule has 15 heavy (non-hydrogen) atoms. The van der Waals surface area contributed by atoms with E-state index in [2.05, 4.69) is 18.0 Å². The summed E-state index contributed by atoms with van der Waals surface area (Å²) in [5, 5.41) is 4.21. The molecule has 0 aliphatic rings. The predicted octanol–water partition coefficient (Wildman–Crippen LogP) is 3.86. The van der Waals surface area contributed by atoms with Crippen molar-refractivity contribution in [2.75, 3.05) is 0 Å². The summed E-state index contributed by atoms with van der Waals surface area (Å²) in [7, 11) is 0. The maximum atomic E-state index is 5.40. The van der Waals surface area contributed by atoms with Crippen LogP contribution in [0.25, 0.3) is 21.5 Å². The molecule has 3 aromatic rings. The number of nitrogens with zero attached hydrogens (tertiary/aromatic N) is 1. The van der Waals surface area contributed by atoms with E-state index in [9.17, 15) is 0 Å². The predicted molar refractivity (Wildman–Crippen MR) is 62.1 cm³/mol. The first-order valence-corrected chi connectivity index (χ1v) is 5.60. The molecule has 0 amide bonds. The Balaban J connectivity index is 2.25. The lowest BCUT2D eigenvalue weighted by Gasteiger charge is -1.96. The third kappa shape index (κ3) is 1.36. The summed E-state index contributed by atoms with van der Waals surface area (Å²) in [6.07, 6.45) is 3.61. The minimum absolute atomic E-state index is 0.938. The summed E-state index contributed by atoms with van der Waals surface area (Å²) in [5.41, 5.74) is 3.26. The highest BCUT2D eigenvalue weighted by Gasteiger charge is 2.05. The normalized spacial score (nSPS) is 11.0. The largest absolute Gasteiger partial charge is 0.464 e. The maximum absolute atomic E-state index is 5.40. The quantitative estimate of drug-likeness (QED) is 0.616. The first-order chi connectivity index (χ1) is 7.34. The van der Waals surface area contributed by atoms with Gasteiger partial charge in [-0.3, -0.25) is 0 Å². The van der Waals surface area contributed by atoms with E-state index in [0.717, 1.165) is 16.2 Å². The highest BCUT2D eigenvalue weighted by atomic mass is 32.1. The molecular formula is C12H9NOS. The van der Waals surface area contributed by atoms with Crippen molar-refractivity contribution in [3.05, 3.63) is 41.6 Å². The molecule has 3 rings (SSSR count). The highest BCUT2D eigenvalue weighted by molar-refractivity contribution is 7.13. The lowest BCUT2D eigenvalue weighted by Crippen LogP contribution is -1.75. The van der Waals surface area contributed by atoms with Crippen LogP contribution in [-0.2, 0) is 0 Å². The van der Waals surface area contributed by atoms with Crippen LogP contribution in [0, 0.1) is 6.92 Å². The molecule has 0 aliphatic carbocycles. The first kappa shape index (κ1) is 8.68. The number of hydrogen-bond donors (Lipinski definition) is 0. The molecule has 0 spiro atoms. The Morgan fingerprint density at radius 2 is 2.27 bits per heavy atom. The fraction of sp³-hybridized carbons (Fsp3) is 0.0833. The van der Waals surface area contributed by atoms with E-state index in [1.54, 1.807) is 17.6 Å². The van der Waals surface area contributed by atoms with Gasteiger partial charge in [0.05, 0.1) is 6.26 Å². The second kappa shape index (κ2) is 3.21. The SMILES string of the molecule is Cc1coc2ccc(-c3nccs3)cc12. The summed E-state index contributed by atoms with van der Waals surface area (Å²) in [4.78, 5) is 4.30. The maximum Gasteiger partial charge on any atom is 0.134 e. The van der Waals surface area contributed by atoms with E-state index in [1.165, 1.54) is 10.9 Å². The lowest BCUT2D eigenvalue weighted by molar-refractivity contribution is 0.613. The molecule has 2 nitrogen and oxygen atoms in total. The molecule has 0 bridgehead atoms. The summed E-state index contributed by atoms with van der Waals surface area (Å²) < 4.78 is 5.40. The van der Waals surface area contributed by atoms with Crippen LogP contribution in [0.15, 0.2) is 40.5 Å². The molecule has 74 valence electrons. The Morgan fingerprint density at radius 3 is 3.07 bits per heavy atom. The molecule has 0 fully saturated rings. The fourth-order valence-electron chi connectivity index (χ4n) is 1.66. The Morgan fingerprint density at radius 1 is 1.33 bits per heavy atom. The molecule has 1 aromatic carbocycles. The Bertz CT molecular complexity index is 595. The summed E-state index contributed by atoms with van der Waals surface area (Å²) in [6, 6.07) is 6.18. The second-order valence-corrected chi connectivity index (χ2v) is 4.36. The van der Waals surface area contributed by atoms with Gasteiger partial charge >= 0.3 is 0 Å².